The van der Waals surface area contributed by atoms with Crippen LogP contribution in [0.3, 0.4) is 0 Å². The van der Waals surface area contributed by atoms with Crippen LogP contribution in [0, 0.1) is 0 Å². The minimum absolute atomic E-state index is 0.0222. The fourth-order valence-electron chi connectivity index (χ4n) is 3.59. The molecule has 3 aromatic rings. The van der Waals surface area contributed by atoms with Gasteiger partial charge in [-0.25, -0.2) is 0 Å². The number of piperidine rings is 1. The maximum Gasteiger partial charge on any atom is 0.283 e. The molecule has 1 saturated heterocycles. The molecule has 2 amide bonds. The fourth-order valence-corrected chi connectivity index (χ4v) is 5.59. The van der Waals surface area contributed by atoms with Crippen LogP contribution < -0.4 is 16.0 Å². The Balaban J connectivity index is 1.72. The molecule has 0 atom stereocenters. The first-order valence-electron chi connectivity index (χ1n) is 10.5. The zero-order valence-corrected chi connectivity index (χ0v) is 21.2. The zero-order chi connectivity index (χ0) is 25.2. The highest BCUT2D eigenvalue weighted by molar-refractivity contribution is 7.89. The van der Waals surface area contributed by atoms with Crippen LogP contribution in [0.1, 0.15) is 33.7 Å². The summed E-state index contributed by atoms with van der Waals surface area (Å²) >= 11 is 18.2. The number of benzene rings is 2. The summed E-state index contributed by atoms with van der Waals surface area (Å²) in [5.74, 6) is -1.35. The van der Waals surface area contributed by atoms with Gasteiger partial charge in [0, 0.05) is 11.1 Å². The van der Waals surface area contributed by atoms with Gasteiger partial charge in [0.25, 0.3) is 21.8 Å². The maximum atomic E-state index is 13.2. The summed E-state index contributed by atoms with van der Waals surface area (Å²) in [5.41, 5.74) is -0.417. The third-order valence-electron chi connectivity index (χ3n) is 5.36. The molecule has 1 aliphatic heterocycles. The van der Waals surface area contributed by atoms with Crippen LogP contribution in [-0.4, -0.2) is 48.5 Å². The van der Waals surface area contributed by atoms with E-state index in [9.17, 15) is 18.0 Å². The van der Waals surface area contributed by atoms with E-state index in [2.05, 4.69) is 21.0 Å². The Bertz CT molecular complexity index is 1370. The molecule has 13 heteroatoms. The van der Waals surface area contributed by atoms with Crippen molar-refractivity contribution in [3.63, 3.8) is 0 Å². The van der Waals surface area contributed by atoms with Crippen molar-refractivity contribution in [2.75, 3.05) is 18.4 Å². The van der Waals surface area contributed by atoms with E-state index in [1.807, 2.05) is 0 Å². The molecule has 1 aromatic heterocycles. The minimum Gasteiger partial charge on any atom is -0.348 e. The number of nitrogens with one attached hydrogen (secondary N) is 3. The smallest absolute Gasteiger partial charge is 0.283 e. The maximum absolute atomic E-state index is 13.2. The highest BCUT2D eigenvalue weighted by Crippen LogP contribution is 2.27. The number of aromatic nitrogens is 2. The van der Waals surface area contributed by atoms with Crippen LogP contribution in [0.4, 0.5) is 5.69 Å². The van der Waals surface area contributed by atoms with Crippen molar-refractivity contribution in [3.05, 3.63) is 75.0 Å². The van der Waals surface area contributed by atoms with Gasteiger partial charge in [-0.3, -0.25) is 9.59 Å². The molecule has 4 rings (SSSR count). The van der Waals surface area contributed by atoms with Gasteiger partial charge in [0.2, 0.25) is 0 Å². The summed E-state index contributed by atoms with van der Waals surface area (Å²) in [4.78, 5) is 25.9. The third kappa shape index (κ3) is 5.62. The minimum atomic E-state index is -4.22. The van der Waals surface area contributed by atoms with Crippen LogP contribution in [-0.2, 0) is 10.0 Å². The highest BCUT2D eigenvalue weighted by atomic mass is 35.5. The summed E-state index contributed by atoms with van der Waals surface area (Å²) in [6.45, 7) is 1.47. The van der Waals surface area contributed by atoms with Gasteiger partial charge < -0.3 is 16.0 Å². The van der Waals surface area contributed by atoms with E-state index in [1.54, 1.807) is 6.07 Å². The number of amides is 2. The summed E-state index contributed by atoms with van der Waals surface area (Å²) in [5, 5.41) is 13.0. The standard InChI is InChI=1S/C22H20Cl3N5O4S/c23-13-3-1-4-15(11-13)35(33,34)30-12-18(28-21(31)19-16(24)5-2-6-17(19)25)20(29-30)22(32)27-14-7-9-26-10-8-14/h1-6,11-12,14,26H,7-10H2,(H,27,32)(H,28,31). The summed E-state index contributed by atoms with van der Waals surface area (Å²) in [7, 11) is -4.22. The molecule has 0 bridgehead atoms. The van der Waals surface area contributed by atoms with Gasteiger partial charge >= 0.3 is 0 Å². The van der Waals surface area contributed by atoms with Gasteiger partial charge in [0.1, 0.15) is 0 Å². The predicted octanol–water partition coefficient (Wildman–Crippen LogP) is 3.81. The van der Waals surface area contributed by atoms with Crippen molar-refractivity contribution in [1.82, 2.24) is 19.8 Å². The second-order valence-corrected chi connectivity index (χ2v) is 10.8. The van der Waals surface area contributed by atoms with Gasteiger partial charge in [-0.05, 0) is 56.3 Å². The molecule has 0 spiro atoms. The van der Waals surface area contributed by atoms with Crippen LogP contribution in [0.25, 0.3) is 0 Å². The topological polar surface area (TPSA) is 122 Å². The molecule has 35 heavy (non-hydrogen) atoms. The van der Waals surface area contributed by atoms with Crippen LogP contribution >= 0.6 is 34.8 Å². The lowest BCUT2D eigenvalue weighted by Crippen LogP contribution is -2.43. The molecule has 9 nitrogen and oxygen atoms in total. The van der Waals surface area contributed by atoms with E-state index < -0.39 is 21.8 Å². The predicted molar refractivity (Wildman–Crippen MR) is 134 cm³/mol. The quantitative estimate of drug-likeness (QED) is 0.424. The van der Waals surface area contributed by atoms with E-state index in [-0.39, 0.29) is 42.9 Å². The Kier molecular flexibility index (Phi) is 7.67. The van der Waals surface area contributed by atoms with Crippen molar-refractivity contribution in [2.24, 2.45) is 0 Å². The molecule has 2 aromatic carbocycles. The Morgan fingerprint density at radius 2 is 1.66 bits per heavy atom. The monoisotopic (exact) mass is 555 g/mol. The average molecular weight is 557 g/mol. The second-order valence-electron chi connectivity index (χ2n) is 7.77. The number of hydrogen-bond acceptors (Lipinski definition) is 6. The lowest BCUT2D eigenvalue weighted by atomic mass is 10.1. The molecule has 1 aliphatic rings. The van der Waals surface area contributed by atoms with Crippen LogP contribution in [0.15, 0.2) is 53.6 Å². The molecular formula is C22H20Cl3N5O4S. The van der Waals surface area contributed by atoms with Gasteiger partial charge in [0.05, 0.1) is 32.4 Å². The van der Waals surface area contributed by atoms with E-state index in [1.165, 1.54) is 36.4 Å². The molecule has 184 valence electrons. The van der Waals surface area contributed by atoms with E-state index in [0.29, 0.717) is 16.9 Å². The lowest BCUT2D eigenvalue weighted by Gasteiger charge is -2.23. The summed E-state index contributed by atoms with van der Waals surface area (Å²) < 4.78 is 27.0. The normalized spacial score (nSPS) is 14.5. The van der Waals surface area contributed by atoms with Crippen LogP contribution in [0.5, 0.6) is 0 Å². The molecule has 0 saturated carbocycles. The van der Waals surface area contributed by atoms with Crippen molar-refractivity contribution < 1.29 is 18.0 Å². The van der Waals surface area contributed by atoms with E-state index in [0.717, 1.165) is 19.3 Å². The molecule has 0 aliphatic carbocycles. The van der Waals surface area contributed by atoms with Crippen molar-refractivity contribution in [3.8, 4) is 0 Å². The Labute approximate surface area is 216 Å². The van der Waals surface area contributed by atoms with Crippen molar-refractivity contribution in [1.29, 1.82) is 0 Å². The molecular weight excluding hydrogens is 537 g/mol. The van der Waals surface area contributed by atoms with Gasteiger partial charge in [-0.2, -0.15) is 17.6 Å². The number of carbonyl (C=O) groups excluding carboxylic acids is 2. The number of rotatable bonds is 6. The molecule has 3 N–H and O–H groups in total. The van der Waals surface area contributed by atoms with Gasteiger partial charge in [0.15, 0.2) is 5.69 Å². The molecule has 0 unspecified atom stereocenters. The third-order valence-corrected chi connectivity index (χ3v) is 7.76. The number of nitrogens with zero attached hydrogens (tertiary/aromatic N) is 2. The summed E-state index contributed by atoms with van der Waals surface area (Å²) in [6, 6.07) is 10.0. The van der Waals surface area contributed by atoms with E-state index >= 15 is 0 Å². The molecule has 1 fully saturated rings. The van der Waals surface area contributed by atoms with Crippen molar-refractivity contribution in [2.45, 2.75) is 23.8 Å². The Hall–Kier alpha value is -2.63. The number of anilines is 1. The summed E-state index contributed by atoms with van der Waals surface area (Å²) in [6.07, 6.45) is 2.45. The highest BCUT2D eigenvalue weighted by Gasteiger charge is 2.28. The second kappa shape index (κ2) is 10.5. The first-order valence-corrected chi connectivity index (χ1v) is 13.1. The van der Waals surface area contributed by atoms with Gasteiger partial charge in [-0.1, -0.05) is 46.9 Å². The van der Waals surface area contributed by atoms with Crippen molar-refractivity contribution >= 4 is 62.3 Å². The average Bonchev–Trinajstić information content (AvgIpc) is 3.24. The van der Waals surface area contributed by atoms with E-state index in [4.69, 9.17) is 34.8 Å². The number of hydrogen-bond donors (Lipinski definition) is 3. The molecule has 0 radical (unpaired) electrons. The molecule has 2 heterocycles. The first kappa shape index (κ1) is 25.5. The lowest BCUT2D eigenvalue weighted by molar-refractivity contribution is 0.0925. The zero-order valence-electron chi connectivity index (χ0n) is 18.1. The first-order chi connectivity index (χ1) is 16.7. The largest absolute Gasteiger partial charge is 0.348 e. The number of halogens is 3. The fraction of sp³-hybridized carbons (Fsp3) is 0.227. The number of carbonyl (C=O) groups is 2. The van der Waals surface area contributed by atoms with Crippen LogP contribution in [0.2, 0.25) is 15.1 Å². The Morgan fingerprint density at radius 1 is 1.00 bits per heavy atom. The SMILES string of the molecule is O=C(NC1CCNCC1)c1nn(S(=O)(=O)c2cccc(Cl)c2)cc1NC(=O)c1c(Cl)cccc1Cl. The Morgan fingerprint density at radius 3 is 2.31 bits per heavy atom. The van der Waals surface area contributed by atoms with Gasteiger partial charge in [-0.15, -0.1) is 0 Å².